The Hall–Kier alpha value is -2.02. The molecule has 1 nitrogen and oxygen atoms in total. The SMILES string of the molecule is CC(C)(C)c1c[c-]c(-c2cc3c(ccc4ccccc43)cn2)cc1.[Ir]. The summed E-state index contributed by atoms with van der Waals surface area (Å²) >= 11 is 0. The first kappa shape index (κ1) is 17.8. The van der Waals surface area contributed by atoms with Crippen molar-refractivity contribution in [1.29, 1.82) is 0 Å². The van der Waals surface area contributed by atoms with Gasteiger partial charge in [-0.15, -0.1) is 35.4 Å². The average molecular weight is 503 g/mol. The minimum atomic E-state index is 0. The molecule has 0 aliphatic carbocycles. The van der Waals surface area contributed by atoms with Crippen molar-refractivity contribution in [3.05, 3.63) is 78.5 Å². The molecule has 0 aliphatic heterocycles. The van der Waals surface area contributed by atoms with Gasteiger partial charge in [0.2, 0.25) is 0 Å². The summed E-state index contributed by atoms with van der Waals surface area (Å²) in [5.41, 5.74) is 3.44. The molecule has 0 amide bonds. The van der Waals surface area contributed by atoms with Gasteiger partial charge >= 0.3 is 0 Å². The van der Waals surface area contributed by atoms with Gasteiger partial charge in [-0.25, -0.2) is 0 Å². The summed E-state index contributed by atoms with van der Waals surface area (Å²) in [4.78, 5) is 4.64. The molecule has 0 saturated heterocycles. The van der Waals surface area contributed by atoms with E-state index < -0.39 is 0 Å². The first-order chi connectivity index (χ1) is 11.5. The fourth-order valence-corrected chi connectivity index (χ4v) is 3.10. The molecule has 1 aromatic heterocycles. The average Bonchev–Trinajstić information content (AvgIpc) is 2.60. The van der Waals surface area contributed by atoms with Crippen LogP contribution in [0.2, 0.25) is 0 Å². The van der Waals surface area contributed by atoms with Gasteiger partial charge in [0.15, 0.2) is 0 Å². The van der Waals surface area contributed by atoms with Crippen molar-refractivity contribution in [1.82, 2.24) is 4.98 Å². The topological polar surface area (TPSA) is 12.9 Å². The Kier molecular flexibility index (Phi) is 4.77. The van der Waals surface area contributed by atoms with Crippen molar-refractivity contribution in [2.45, 2.75) is 26.2 Å². The zero-order valence-electron chi connectivity index (χ0n) is 14.6. The third-order valence-electron chi connectivity index (χ3n) is 4.58. The minimum absolute atomic E-state index is 0. The first-order valence-electron chi connectivity index (χ1n) is 8.32. The summed E-state index contributed by atoms with van der Waals surface area (Å²) in [5, 5.41) is 4.94. The molecule has 127 valence electrons. The standard InChI is InChI=1S/C23H20N.Ir/c1-23(2,3)19-12-10-17(11-13-19)22-14-21-18(15-24-22)9-8-16-6-4-5-7-20(16)21;/h4-10,12-15H,1-3H3;/q-1;. The number of pyridine rings is 1. The van der Waals surface area contributed by atoms with Crippen LogP contribution in [0.4, 0.5) is 0 Å². The first-order valence-corrected chi connectivity index (χ1v) is 8.32. The molecule has 1 heterocycles. The number of hydrogen-bond acceptors (Lipinski definition) is 1. The van der Waals surface area contributed by atoms with Crippen LogP contribution in [0.3, 0.4) is 0 Å². The summed E-state index contributed by atoms with van der Waals surface area (Å²) in [7, 11) is 0. The van der Waals surface area contributed by atoms with Gasteiger partial charge in [0, 0.05) is 26.3 Å². The van der Waals surface area contributed by atoms with Crippen LogP contribution >= 0.6 is 0 Å². The predicted molar refractivity (Wildman–Crippen MR) is 102 cm³/mol. The molecule has 1 radical (unpaired) electrons. The van der Waals surface area contributed by atoms with Crippen molar-refractivity contribution in [2.24, 2.45) is 0 Å². The van der Waals surface area contributed by atoms with E-state index in [0.29, 0.717) is 0 Å². The summed E-state index contributed by atoms with van der Waals surface area (Å²) in [5.74, 6) is 0. The van der Waals surface area contributed by atoms with Crippen LogP contribution in [0.25, 0.3) is 32.8 Å². The second kappa shape index (κ2) is 6.71. The van der Waals surface area contributed by atoms with Gasteiger partial charge in [-0.1, -0.05) is 63.2 Å². The van der Waals surface area contributed by atoms with E-state index in [4.69, 9.17) is 0 Å². The number of aromatic nitrogens is 1. The van der Waals surface area contributed by atoms with Gasteiger partial charge < -0.3 is 4.98 Å². The molecule has 0 saturated carbocycles. The Labute approximate surface area is 162 Å². The number of benzene rings is 3. The molecule has 4 aromatic rings. The Balaban J connectivity index is 0.00000182. The molecule has 25 heavy (non-hydrogen) atoms. The van der Waals surface area contributed by atoms with Gasteiger partial charge in [0.05, 0.1) is 0 Å². The second-order valence-electron chi connectivity index (χ2n) is 7.32. The molecule has 0 fully saturated rings. The Morgan fingerprint density at radius 2 is 1.60 bits per heavy atom. The predicted octanol–water partition coefficient (Wildman–Crippen LogP) is 6.15. The molecule has 0 unspecified atom stereocenters. The van der Waals surface area contributed by atoms with Gasteiger partial charge in [0.25, 0.3) is 0 Å². The van der Waals surface area contributed by atoms with Crippen molar-refractivity contribution < 1.29 is 20.1 Å². The fourth-order valence-electron chi connectivity index (χ4n) is 3.10. The van der Waals surface area contributed by atoms with E-state index in [0.717, 1.165) is 11.3 Å². The van der Waals surface area contributed by atoms with E-state index in [9.17, 15) is 0 Å². The zero-order valence-corrected chi connectivity index (χ0v) is 17.0. The molecule has 2 heteroatoms. The van der Waals surface area contributed by atoms with Crippen molar-refractivity contribution in [2.75, 3.05) is 0 Å². The molecule has 0 atom stereocenters. The maximum Gasteiger partial charge on any atom is 0.0239 e. The van der Waals surface area contributed by atoms with Crippen LogP contribution in [0.5, 0.6) is 0 Å². The van der Waals surface area contributed by atoms with E-state index in [-0.39, 0.29) is 25.5 Å². The fraction of sp³-hybridized carbons (Fsp3) is 0.174. The van der Waals surface area contributed by atoms with Crippen LogP contribution in [0.1, 0.15) is 26.3 Å². The number of nitrogens with zero attached hydrogens (tertiary/aromatic N) is 1. The van der Waals surface area contributed by atoms with Gasteiger partial charge in [-0.3, -0.25) is 0 Å². The van der Waals surface area contributed by atoms with Crippen molar-refractivity contribution in [3.8, 4) is 11.3 Å². The Bertz CT molecular complexity index is 1030. The van der Waals surface area contributed by atoms with Gasteiger partial charge in [-0.2, -0.15) is 0 Å². The second-order valence-corrected chi connectivity index (χ2v) is 7.32. The molecule has 3 aromatic carbocycles. The van der Waals surface area contributed by atoms with Crippen molar-refractivity contribution >= 4 is 21.5 Å². The minimum Gasteiger partial charge on any atom is -0.304 e. The van der Waals surface area contributed by atoms with Crippen LogP contribution in [-0.4, -0.2) is 4.98 Å². The quantitative estimate of drug-likeness (QED) is 0.225. The normalized spacial score (nSPS) is 11.5. The molecular weight excluding hydrogens is 482 g/mol. The molecular formula is C23H20IrN-. The van der Waals surface area contributed by atoms with Gasteiger partial charge in [-0.05, 0) is 32.7 Å². The molecule has 0 spiro atoms. The Morgan fingerprint density at radius 3 is 2.32 bits per heavy atom. The maximum atomic E-state index is 4.64. The number of hydrogen-bond donors (Lipinski definition) is 0. The van der Waals surface area contributed by atoms with Crippen LogP contribution in [0, 0.1) is 6.07 Å². The third kappa shape index (κ3) is 3.38. The van der Waals surface area contributed by atoms with Crippen molar-refractivity contribution in [3.63, 3.8) is 0 Å². The smallest absolute Gasteiger partial charge is 0.0239 e. The summed E-state index contributed by atoms with van der Waals surface area (Å²) in [6.45, 7) is 6.66. The van der Waals surface area contributed by atoms with E-state index in [1.54, 1.807) is 0 Å². The van der Waals surface area contributed by atoms with E-state index in [1.165, 1.54) is 27.1 Å². The molecule has 0 bridgehead atoms. The largest absolute Gasteiger partial charge is 0.304 e. The zero-order chi connectivity index (χ0) is 16.7. The summed E-state index contributed by atoms with van der Waals surface area (Å²) in [6, 6.07) is 24.8. The Morgan fingerprint density at radius 1 is 0.840 bits per heavy atom. The number of rotatable bonds is 1. The summed E-state index contributed by atoms with van der Waals surface area (Å²) < 4.78 is 0. The van der Waals surface area contributed by atoms with Crippen LogP contribution < -0.4 is 0 Å². The van der Waals surface area contributed by atoms with E-state index in [1.807, 2.05) is 6.20 Å². The van der Waals surface area contributed by atoms with E-state index in [2.05, 4.69) is 92.5 Å². The van der Waals surface area contributed by atoms with Crippen LogP contribution in [-0.2, 0) is 25.5 Å². The van der Waals surface area contributed by atoms with Crippen LogP contribution in [0.15, 0.2) is 66.9 Å². The third-order valence-corrected chi connectivity index (χ3v) is 4.58. The number of fused-ring (bicyclic) bond motifs is 3. The monoisotopic (exact) mass is 503 g/mol. The molecule has 4 rings (SSSR count). The van der Waals surface area contributed by atoms with E-state index >= 15 is 0 Å². The molecule has 0 N–H and O–H groups in total. The summed E-state index contributed by atoms with van der Waals surface area (Å²) in [6.07, 6.45) is 1.96. The maximum absolute atomic E-state index is 4.64. The van der Waals surface area contributed by atoms with Gasteiger partial charge in [0.1, 0.15) is 0 Å². The molecule has 0 aliphatic rings.